The Morgan fingerprint density at radius 1 is 1.00 bits per heavy atom. The zero-order valence-electron chi connectivity index (χ0n) is 14.8. The van der Waals surface area contributed by atoms with Crippen molar-refractivity contribution in [1.29, 1.82) is 0 Å². The van der Waals surface area contributed by atoms with Gasteiger partial charge >= 0.3 is 5.97 Å². The number of unbranched alkanes of at least 4 members (excludes halogenated alkanes) is 1. The van der Waals surface area contributed by atoms with Crippen LogP contribution in [-0.4, -0.2) is 25.2 Å². The van der Waals surface area contributed by atoms with E-state index in [4.69, 9.17) is 15.2 Å². The molecule has 25 heavy (non-hydrogen) atoms. The fraction of sp³-hybridized carbons (Fsp3) is 0.381. The Hall–Kier alpha value is -2.33. The highest BCUT2D eigenvalue weighted by molar-refractivity contribution is 5.75. The Balaban J connectivity index is 1.65. The molecular weight excluding hydrogens is 314 g/mol. The Kier molecular flexibility index (Phi) is 7.99. The van der Waals surface area contributed by atoms with Crippen LogP contribution >= 0.6 is 0 Å². The highest BCUT2D eigenvalue weighted by atomic mass is 16.5. The van der Waals surface area contributed by atoms with E-state index < -0.39 is 6.04 Å². The summed E-state index contributed by atoms with van der Waals surface area (Å²) in [4.78, 5) is 11.4. The minimum Gasteiger partial charge on any atom is -0.494 e. The summed E-state index contributed by atoms with van der Waals surface area (Å²) in [7, 11) is 0. The minimum absolute atomic E-state index is 0.322. The predicted molar refractivity (Wildman–Crippen MR) is 99.6 cm³/mol. The summed E-state index contributed by atoms with van der Waals surface area (Å²) in [6.45, 7) is 2.77. The van der Waals surface area contributed by atoms with Crippen molar-refractivity contribution in [2.24, 2.45) is 5.73 Å². The van der Waals surface area contributed by atoms with Crippen molar-refractivity contribution in [2.45, 2.75) is 38.6 Å². The SMILES string of the molecule is CCOC(=O)[C@@H](N)CCCCOc1ccc(Cc2ccccc2)cc1. The van der Waals surface area contributed by atoms with Gasteiger partial charge in [-0.3, -0.25) is 4.79 Å². The number of hydrogen-bond acceptors (Lipinski definition) is 4. The molecule has 0 aliphatic carbocycles. The molecule has 0 aromatic heterocycles. The maximum absolute atomic E-state index is 11.4. The lowest BCUT2D eigenvalue weighted by Gasteiger charge is -2.11. The lowest BCUT2D eigenvalue weighted by molar-refractivity contribution is -0.144. The van der Waals surface area contributed by atoms with Crippen LogP contribution in [0.3, 0.4) is 0 Å². The highest BCUT2D eigenvalue weighted by Crippen LogP contribution is 2.16. The van der Waals surface area contributed by atoms with E-state index in [1.165, 1.54) is 11.1 Å². The normalized spacial score (nSPS) is 11.8. The van der Waals surface area contributed by atoms with Crippen LogP contribution in [-0.2, 0) is 16.0 Å². The molecule has 134 valence electrons. The number of nitrogens with two attached hydrogens (primary N) is 1. The van der Waals surface area contributed by atoms with E-state index in [0.717, 1.165) is 25.0 Å². The zero-order valence-corrected chi connectivity index (χ0v) is 14.8. The molecule has 2 rings (SSSR count). The second-order valence-electron chi connectivity index (χ2n) is 6.01. The second-order valence-corrected chi connectivity index (χ2v) is 6.01. The largest absolute Gasteiger partial charge is 0.494 e. The monoisotopic (exact) mass is 341 g/mol. The summed E-state index contributed by atoms with van der Waals surface area (Å²) in [6.07, 6.45) is 3.25. The summed E-state index contributed by atoms with van der Waals surface area (Å²) in [6, 6.07) is 18.1. The number of benzene rings is 2. The molecule has 2 aromatic carbocycles. The van der Waals surface area contributed by atoms with Crippen molar-refractivity contribution in [1.82, 2.24) is 0 Å². The molecule has 4 heteroatoms. The van der Waals surface area contributed by atoms with E-state index in [1.807, 2.05) is 18.2 Å². The van der Waals surface area contributed by atoms with Crippen molar-refractivity contribution >= 4 is 5.97 Å². The van der Waals surface area contributed by atoms with Crippen LogP contribution in [0.4, 0.5) is 0 Å². The van der Waals surface area contributed by atoms with E-state index in [9.17, 15) is 4.79 Å². The van der Waals surface area contributed by atoms with Crippen molar-refractivity contribution in [3.63, 3.8) is 0 Å². The van der Waals surface area contributed by atoms with E-state index in [1.54, 1.807) is 6.92 Å². The van der Waals surface area contributed by atoms with Crippen LogP contribution < -0.4 is 10.5 Å². The first kappa shape index (κ1) is 19.0. The Morgan fingerprint density at radius 3 is 2.36 bits per heavy atom. The number of esters is 1. The Bertz CT molecular complexity index is 625. The smallest absolute Gasteiger partial charge is 0.322 e. The van der Waals surface area contributed by atoms with Gasteiger partial charge in [0.05, 0.1) is 13.2 Å². The van der Waals surface area contributed by atoms with Crippen LogP contribution in [0.5, 0.6) is 5.75 Å². The van der Waals surface area contributed by atoms with Crippen molar-refractivity contribution in [2.75, 3.05) is 13.2 Å². The second kappa shape index (κ2) is 10.5. The van der Waals surface area contributed by atoms with Crippen molar-refractivity contribution in [3.05, 3.63) is 65.7 Å². The third kappa shape index (κ3) is 6.98. The molecule has 4 nitrogen and oxygen atoms in total. The van der Waals surface area contributed by atoms with Crippen molar-refractivity contribution < 1.29 is 14.3 Å². The highest BCUT2D eigenvalue weighted by Gasteiger charge is 2.13. The van der Waals surface area contributed by atoms with E-state index in [-0.39, 0.29) is 5.97 Å². The zero-order chi connectivity index (χ0) is 17.9. The van der Waals surface area contributed by atoms with Gasteiger partial charge in [-0.2, -0.15) is 0 Å². The summed E-state index contributed by atoms with van der Waals surface area (Å²) in [5, 5.41) is 0. The van der Waals surface area contributed by atoms with Crippen LogP contribution in [0.15, 0.2) is 54.6 Å². The van der Waals surface area contributed by atoms with Crippen LogP contribution in [0.2, 0.25) is 0 Å². The quantitative estimate of drug-likeness (QED) is 0.528. The first-order valence-electron chi connectivity index (χ1n) is 8.87. The van der Waals surface area contributed by atoms with Gasteiger partial charge in [0, 0.05) is 0 Å². The maximum Gasteiger partial charge on any atom is 0.322 e. The van der Waals surface area contributed by atoms with E-state index in [0.29, 0.717) is 19.6 Å². The molecule has 0 fully saturated rings. The van der Waals surface area contributed by atoms with Gasteiger partial charge in [0.25, 0.3) is 0 Å². The van der Waals surface area contributed by atoms with Crippen LogP contribution in [0.25, 0.3) is 0 Å². The maximum atomic E-state index is 11.4. The molecule has 0 spiro atoms. The van der Waals surface area contributed by atoms with Crippen LogP contribution in [0, 0.1) is 0 Å². The van der Waals surface area contributed by atoms with Crippen LogP contribution in [0.1, 0.15) is 37.3 Å². The standard InChI is InChI=1S/C21H27NO3/c1-2-24-21(23)20(22)10-6-7-15-25-19-13-11-18(12-14-19)16-17-8-4-3-5-9-17/h3-5,8-9,11-14,20H,2,6-7,10,15-16,22H2,1H3/t20-/m0/s1. The minimum atomic E-state index is -0.530. The molecule has 0 amide bonds. The molecule has 0 aliphatic heterocycles. The molecule has 2 N–H and O–H groups in total. The fourth-order valence-electron chi connectivity index (χ4n) is 2.56. The van der Waals surface area contributed by atoms with E-state index >= 15 is 0 Å². The lowest BCUT2D eigenvalue weighted by atomic mass is 10.1. The molecule has 0 radical (unpaired) electrons. The average molecular weight is 341 g/mol. The van der Waals surface area contributed by atoms with Gasteiger partial charge in [0.15, 0.2) is 0 Å². The molecule has 0 unspecified atom stereocenters. The van der Waals surface area contributed by atoms with Gasteiger partial charge in [0.1, 0.15) is 11.8 Å². The van der Waals surface area contributed by atoms with Gasteiger partial charge in [-0.1, -0.05) is 42.5 Å². The molecular formula is C21H27NO3. The topological polar surface area (TPSA) is 61.5 Å². The molecule has 0 aliphatic rings. The van der Waals surface area contributed by atoms with Gasteiger partial charge in [-0.05, 0) is 55.9 Å². The third-order valence-electron chi connectivity index (χ3n) is 3.94. The van der Waals surface area contributed by atoms with Gasteiger partial charge < -0.3 is 15.2 Å². The molecule has 0 saturated heterocycles. The van der Waals surface area contributed by atoms with Gasteiger partial charge in [0.2, 0.25) is 0 Å². The predicted octanol–water partition coefficient (Wildman–Crippen LogP) is 3.72. The number of carbonyl (C=O) groups excluding carboxylic acids is 1. The summed E-state index contributed by atoms with van der Waals surface area (Å²) < 4.78 is 10.6. The first-order valence-corrected chi connectivity index (χ1v) is 8.87. The number of hydrogen-bond donors (Lipinski definition) is 1. The lowest BCUT2D eigenvalue weighted by Crippen LogP contribution is -2.32. The summed E-state index contributed by atoms with van der Waals surface area (Å²) in [5.41, 5.74) is 8.32. The number of ether oxygens (including phenoxy) is 2. The number of rotatable bonds is 10. The number of carbonyl (C=O) groups is 1. The average Bonchev–Trinajstić information content (AvgIpc) is 2.63. The molecule has 0 saturated carbocycles. The molecule has 0 bridgehead atoms. The van der Waals surface area contributed by atoms with Gasteiger partial charge in [-0.25, -0.2) is 0 Å². The molecule has 1 atom stereocenters. The summed E-state index contributed by atoms with van der Waals surface area (Å²) >= 11 is 0. The molecule has 0 heterocycles. The first-order chi connectivity index (χ1) is 12.2. The fourth-order valence-corrected chi connectivity index (χ4v) is 2.56. The van der Waals surface area contributed by atoms with Gasteiger partial charge in [-0.15, -0.1) is 0 Å². The Labute approximate surface area is 150 Å². The molecule has 2 aromatic rings. The third-order valence-corrected chi connectivity index (χ3v) is 3.94. The van der Waals surface area contributed by atoms with E-state index in [2.05, 4.69) is 36.4 Å². The summed E-state index contributed by atoms with van der Waals surface area (Å²) in [5.74, 6) is 0.545. The Morgan fingerprint density at radius 2 is 1.68 bits per heavy atom. The van der Waals surface area contributed by atoms with Crippen molar-refractivity contribution in [3.8, 4) is 5.75 Å².